The minimum absolute atomic E-state index is 0.116. The van der Waals surface area contributed by atoms with Crippen LogP contribution in [0.4, 0.5) is 4.39 Å². The Morgan fingerprint density at radius 2 is 1.84 bits per heavy atom. The van der Waals surface area contributed by atoms with Gasteiger partial charge in [0.15, 0.2) is 0 Å². The molecule has 5 nitrogen and oxygen atoms in total. The Morgan fingerprint density at radius 3 is 2.44 bits per heavy atom. The molecule has 25 heavy (non-hydrogen) atoms. The zero-order chi connectivity index (χ0) is 18.4. The molecule has 0 radical (unpaired) electrons. The molecule has 0 saturated heterocycles. The number of carbonyl (C=O) groups is 1. The van der Waals surface area contributed by atoms with Gasteiger partial charge in [-0.3, -0.25) is 4.79 Å². The minimum Gasteiger partial charge on any atom is -0.466 e. The molecule has 0 amide bonds. The van der Waals surface area contributed by atoms with Crippen LogP contribution in [0.25, 0.3) is 0 Å². The van der Waals surface area contributed by atoms with E-state index >= 15 is 0 Å². The molecule has 0 bridgehead atoms. The number of ether oxygens (including phenoxy) is 1. The van der Waals surface area contributed by atoms with Gasteiger partial charge in [-0.1, -0.05) is 29.8 Å². The number of esters is 1. The van der Waals surface area contributed by atoms with Gasteiger partial charge in [-0.05, 0) is 42.8 Å². The summed E-state index contributed by atoms with van der Waals surface area (Å²) in [6.07, 6.45) is -0.224. The van der Waals surface area contributed by atoms with Gasteiger partial charge >= 0.3 is 5.97 Å². The van der Waals surface area contributed by atoms with Crippen molar-refractivity contribution in [1.82, 2.24) is 4.72 Å². The number of benzene rings is 2. The first-order valence-electron chi connectivity index (χ1n) is 7.51. The van der Waals surface area contributed by atoms with E-state index in [2.05, 4.69) is 4.72 Å². The highest BCUT2D eigenvalue weighted by Gasteiger charge is 2.25. The number of sulfonamides is 1. The standard InChI is InChI=1S/C17H17ClFNO4S/c1-2-24-17(21)11-16(14-5-3-4-6-15(14)18)20-25(22,23)13-9-7-12(19)8-10-13/h3-10,16,20H,2,11H2,1H3/t16-/m0/s1. The lowest BCUT2D eigenvalue weighted by Gasteiger charge is -2.19. The van der Waals surface area contributed by atoms with E-state index in [9.17, 15) is 17.6 Å². The van der Waals surface area contributed by atoms with Gasteiger partial charge in [0.2, 0.25) is 10.0 Å². The Morgan fingerprint density at radius 1 is 1.20 bits per heavy atom. The van der Waals surface area contributed by atoms with E-state index in [4.69, 9.17) is 16.3 Å². The minimum atomic E-state index is -3.98. The van der Waals surface area contributed by atoms with Crippen molar-refractivity contribution in [3.8, 4) is 0 Å². The zero-order valence-corrected chi connectivity index (χ0v) is 15.0. The molecule has 2 aromatic carbocycles. The molecule has 0 aliphatic rings. The van der Waals surface area contributed by atoms with Crippen LogP contribution in [0.1, 0.15) is 24.9 Å². The molecular weight excluding hydrogens is 369 g/mol. The van der Waals surface area contributed by atoms with Gasteiger partial charge in [0, 0.05) is 5.02 Å². The maximum atomic E-state index is 13.0. The second-order valence-corrected chi connectivity index (χ2v) is 7.28. The first-order valence-corrected chi connectivity index (χ1v) is 9.37. The van der Waals surface area contributed by atoms with Gasteiger partial charge in [-0.25, -0.2) is 17.5 Å². The molecule has 0 spiro atoms. The normalized spacial score (nSPS) is 12.6. The first kappa shape index (κ1) is 19.4. The van der Waals surface area contributed by atoms with Crippen LogP contribution in [0.3, 0.4) is 0 Å². The largest absolute Gasteiger partial charge is 0.466 e. The predicted molar refractivity (Wildman–Crippen MR) is 92.2 cm³/mol. The Kier molecular flexibility index (Phi) is 6.52. The molecular formula is C17H17ClFNO4S. The zero-order valence-electron chi connectivity index (χ0n) is 13.4. The van der Waals surface area contributed by atoms with Gasteiger partial charge < -0.3 is 4.74 Å². The van der Waals surface area contributed by atoms with Crippen LogP contribution in [0.2, 0.25) is 5.02 Å². The summed E-state index contributed by atoms with van der Waals surface area (Å²) in [5.74, 6) is -1.11. The number of carbonyl (C=O) groups excluding carboxylic acids is 1. The van der Waals surface area contributed by atoms with Crippen molar-refractivity contribution in [2.45, 2.75) is 24.3 Å². The van der Waals surface area contributed by atoms with Crippen molar-refractivity contribution >= 4 is 27.6 Å². The summed E-state index contributed by atoms with van der Waals surface area (Å²) in [6.45, 7) is 1.84. The Bertz CT molecular complexity index is 840. The van der Waals surface area contributed by atoms with E-state index in [0.29, 0.717) is 10.6 Å². The number of nitrogens with one attached hydrogen (secondary N) is 1. The van der Waals surface area contributed by atoms with Crippen LogP contribution >= 0.6 is 11.6 Å². The smallest absolute Gasteiger partial charge is 0.307 e. The highest BCUT2D eigenvalue weighted by molar-refractivity contribution is 7.89. The summed E-state index contributed by atoms with van der Waals surface area (Å²) in [5, 5.41) is 0.318. The molecule has 0 heterocycles. The molecule has 134 valence electrons. The number of rotatable bonds is 7. The SMILES string of the molecule is CCOC(=O)C[C@H](NS(=O)(=O)c1ccc(F)cc1)c1ccccc1Cl. The molecule has 0 aromatic heterocycles. The summed E-state index contributed by atoms with van der Waals surface area (Å²) in [5.41, 5.74) is 0.447. The van der Waals surface area contributed by atoms with Crippen molar-refractivity contribution in [2.75, 3.05) is 6.61 Å². The van der Waals surface area contributed by atoms with Crippen LogP contribution in [0.15, 0.2) is 53.4 Å². The number of hydrogen-bond donors (Lipinski definition) is 1. The third kappa shape index (κ3) is 5.26. The molecule has 2 rings (SSSR count). The summed E-state index contributed by atoms with van der Waals surface area (Å²) >= 11 is 6.14. The second-order valence-electron chi connectivity index (χ2n) is 5.16. The second kappa shape index (κ2) is 8.42. The molecule has 0 fully saturated rings. The molecule has 1 atom stereocenters. The van der Waals surface area contributed by atoms with E-state index in [-0.39, 0.29) is 17.9 Å². The van der Waals surface area contributed by atoms with Crippen LogP contribution < -0.4 is 4.72 Å². The Labute approximate surface area is 150 Å². The molecule has 0 unspecified atom stereocenters. The molecule has 0 aliphatic carbocycles. The highest BCUT2D eigenvalue weighted by Crippen LogP contribution is 2.27. The Balaban J connectivity index is 2.33. The third-order valence-corrected chi connectivity index (χ3v) is 5.21. The van der Waals surface area contributed by atoms with E-state index in [1.54, 1.807) is 31.2 Å². The maximum Gasteiger partial charge on any atom is 0.307 e. The van der Waals surface area contributed by atoms with Crippen LogP contribution in [0.5, 0.6) is 0 Å². The molecule has 1 N–H and O–H groups in total. The maximum absolute atomic E-state index is 13.0. The summed E-state index contributed by atoms with van der Waals surface area (Å²) in [7, 11) is -3.98. The predicted octanol–water partition coefficient (Wildman–Crippen LogP) is 3.45. The highest BCUT2D eigenvalue weighted by atomic mass is 35.5. The topological polar surface area (TPSA) is 72.5 Å². The van der Waals surface area contributed by atoms with Crippen molar-refractivity contribution < 1.29 is 22.3 Å². The van der Waals surface area contributed by atoms with Crippen LogP contribution in [-0.4, -0.2) is 21.0 Å². The lowest BCUT2D eigenvalue weighted by molar-refractivity contribution is -0.143. The average Bonchev–Trinajstić information content (AvgIpc) is 2.55. The molecule has 0 aliphatic heterocycles. The Hall–Kier alpha value is -1.96. The van der Waals surface area contributed by atoms with Crippen molar-refractivity contribution in [2.24, 2.45) is 0 Å². The fraction of sp³-hybridized carbons (Fsp3) is 0.235. The van der Waals surface area contributed by atoms with Gasteiger partial charge in [0.25, 0.3) is 0 Å². The number of hydrogen-bond acceptors (Lipinski definition) is 4. The lowest BCUT2D eigenvalue weighted by Crippen LogP contribution is -2.31. The van der Waals surface area contributed by atoms with E-state index in [1.807, 2.05) is 0 Å². The fourth-order valence-electron chi connectivity index (χ4n) is 2.23. The van der Waals surface area contributed by atoms with Gasteiger partial charge in [-0.2, -0.15) is 0 Å². The first-order chi connectivity index (χ1) is 11.8. The van der Waals surface area contributed by atoms with Crippen molar-refractivity contribution in [1.29, 1.82) is 0 Å². The molecule has 0 saturated carbocycles. The summed E-state index contributed by atoms with van der Waals surface area (Å²) < 4.78 is 45.5. The average molecular weight is 386 g/mol. The van der Waals surface area contributed by atoms with E-state index in [0.717, 1.165) is 24.3 Å². The fourth-order valence-corrected chi connectivity index (χ4v) is 3.71. The van der Waals surface area contributed by atoms with Gasteiger partial charge in [0.1, 0.15) is 5.82 Å². The lowest BCUT2D eigenvalue weighted by atomic mass is 10.1. The van der Waals surface area contributed by atoms with Crippen LogP contribution in [0, 0.1) is 5.82 Å². The van der Waals surface area contributed by atoms with Gasteiger partial charge in [-0.15, -0.1) is 0 Å². The van der Waals surface area contributed by atoms with Gasteiger partial charge in [0.05, 0.1) is 24.0 Å². The van der Waals surface area contributed by atoms with E-state index in [1.165, 1.54) is 0 Å². The number of halogens is 2. The summed E-state index contributed by atoms with van der Waals surface area (Å²) in [4.78, 5) is 11.7. The molecule has 2 aromatic rings. The monoisotopic (exact) mass is 385 g/mol. The summed E-state index contributed by atoms with van der Waals surface area (Å²) in [6, 6.07) is 10.1. The van der Waals surface area contributed by atoms with E-state index < -0.39 is 27.9 Å². The quantitative estimate of drug-likeness (QED) is 0.741. The van der Waals surface area contributed by atoms with Crippen molar-refractivity contribution in [3.63, 3.8) is 0 Å². The van der Waals surface area contributed by atoms with Crippen molar-refractivity contribution in [3.05, 3.63) is 64.9 Å². The third-order valence-electron chi connectivity index (χ3n) is 3.38. The van der Waals surface area contributed by atoms with Crippen LogP contribution in [-0.2, 0) is 19.6 Å². The molecule has 8 heteroatoms.